The average Bonchev–Trinajstić information content (AvgIpc) is 2.80. The molecule has 3 rings (SSSR count). The summed E-state index contributed by atoms with van der Waals surface area (Å²) in [6, 6.07) is 3.29. The molecule has 0 spiro atoms. The van der Waals surface area contributed by atoms with Crippen molar-refractivity contribution in [3.63, 3.8) is 0 Å². The van der Waals surface area contributed by atoms with E-state index in [-0.39, 0.29) is 23.7 Å². The monoisotopic (exact) mass is 434 g/mol. The van der Waals surface area contributed by atoms with Gasteiger partial charge in [-0.15, -0.1) is 0 Å². The molecule has 1 unspecified atom stereocenters. The van der Waals surface area contributed by atoms with E-state index < -0.39 is 6.10 Å². The minimum Gasteiger partial charge on any atom is -0.493 e. The minimum atomic E-state index is -0.698. The Kier molecular flexibility index (Phi) is 6.53. The fourth-order valence-electron chi connectivity index (χ4n) is 3.69. The highest BCUT2D eigenvalue weighted by Crippen LogP contribution is 2.54. The van der Waals surface area contributed by atoms with E-state index in [0.29, 0.717) is 45.6 Å². The summed E-state index contributed by atoms with van der Waals surface area (Å²) in [4.78, 5) is 13.1. The van der Waals surface area contributed by atoms with E-state index in [1.807, 2.05) is 0 Å². The summed E-state index contributed by atoms with van der Waals surface area (Å²) in [6.07, 6.45) is -0.642. The number of carbonyl (C=O) groups excluding carboxylic acids is 1. The van der Waals surface area contributed by atoms with Crippen LogP contribution in [0.1, 0.15) is 28.4 Å². The molecule has 1 aliphatic heterocycles. The van der Waals surface area contributed by atoms with Crippen LogP contribution in [0.2, 0.25) is 0 Å². The second kappa shape index (κ2) is 9.11. The SMILES string of the molecule is COc1cc2c(c(OC)c1OC)OC(c1cc(OC)c(OC)c(OC)c1OC)CC2=O. The Morgan fingerprint density at radius 2 is 1.19 bits per heavy atom. The van der Waals surface area contributed by atoms with Crippen LogP contribution < -0.4 is 37.9 Å². The van der Waals surface area contributed by atoms with E-state index in [9.17, 15) is 4.79 Å². The van der Waals surface area contributed by atoms with Crippen LogP contribution in [0.3, 0.4) is 0 Å². The maximum absolute atomic E-state index is 13.1. The third-order valence-electron chi connectivity index (χ3n) is 5.08. The Bertz CT molecular complexity index is 984. The fraction of sp³-hybridized carbons (Fsp3) is 0.409. The number of ether oxygens (including phenoxy) is 8. The average molecular weight is 434 g/mol. The zero-order chi connectivity index (χ0) is 22.7. The fourth-order valence-corrected chi connectivity index (χ4v) is 3.69. The van der Waals surface area contributed by atoms with Crippen molar-refractivity contribution in [2.24, 2.45) is 0 Å². The van der Waals surface area contributed by atoms with Crippen molar-refractivity contribution in [2.75, 3.05) is 49.8 Å². The van der Waals surface area contributed by atoms with Gasteiger partial charge in [-0.2, -0.15) is 0 Å². The number of Topliss-reactive ketones (excluding diaryl/α,β-unsaturated/α-hetero) is 1. The van der Waals surface area contributed by atoms with Crippen LogP contribution >= 0.6 is 0 Å². The lowest BCUT2D eigenvalue weighted by Gasteiger charge is -2.30. The number of methoxy groups -OCH3 is 7. The van der Waals surface area contributed by atoms with Gasteiger partial charge >= 0.3 is 0 Å². The zero-order valence-corrected chi connectivity index (χ0v) is 18.6. The predicted molar refractivity (Wildman–Crippen MR) is 111 cm³/mol. The molecular weight excluding hydrogens is 408 g/mol. The number of rotatable bonds is 8. The molecule has 0 amide bonds. The first-order valence-electron chi connectivity index (χ1n) is 9.39. The first-order chi connectivity index (χ1) is 15.0. The normalized spacial score (nSPS) is 14.8. The lowest BCUT2D eigenvalue weighted by atomic mass is 9.94. The molecule has 0 aliphatic carbocycles. The van der Waals surface area contributed by atoms with Crippen molar-refractivity contribution >= 4 is 5.78 Å². The molecule has 9 heteroatoms. The highest BCUT2D eigenvalue weighted by atomic mass is 16.6. The molecule has 0 fully saturated rings. The molecule has 0 radical (unpaired) electrons. The first kappa shape index (κ1) is 22.2. The molecule has 9 nitrogen and oxygen atoms in total. The van der Waals surface area contributed by atoms with Crippen LogP contribution in [0.25, 0.3) is 0 Å². The minimum absolute atomic E-state index is 0.0562. The van der Waals surface area contributed by atoms with Crippen molar-refractivity contribution in [1.29, 1.82) is 0 Å². The predicted octanol–water partition coefficient (Wildman–Crippen LogP) is 3.45. The molecule has 0 saturated carbocycles. The largest absolute Gasteiger partial charge is 0.493 e. The van der Waals surface area contributed by atoms with Gasteiger partial charge in [0, 0.05) is 5.56 Å². The molecule has 0 N–H and O–H groups in total. The highest BCUT2D eigenvalue weighted by Gasteiger charge is 2.37. The summed E-state index contributed by atoms with van der Waals surface area (Å²) >= 11 is 0. The summed E-state index contributed by atoms with van der Waals surface area (Å²) in [5.41, 5.74) is 0.907. The van der Waals surface area contributed by atoms with Crippen LogP contribution in [-0.2, 0) is 0 Å². The maximum atomic E-state index is 13.1. The Labute approximate surface area is 180 Å². The molecule has 0 saturated heterocycles. The van der Waals surface area contributed by atoms with Crippen LogP contribution in [0.4, 0.5) is 0 Å². The van der Waals surface area contributed by atoms with Crippen molar-refractivity contribution in [3.05, 3.63) is 23.3 Å². The van der Waals surface area contributed by atoms with Crippen LogP contribution in [-0.4, -0.2) is 55.6 Å². The van der Waals surface area contributed by atoms with Gasteiger partial charge in [0.15, 0.2) is 28.8 Å². The Morgan fingerprint density at radius 1 is 0.677 bits per heavy atom. The summed E-state index contributed by atoms with van der Waals surface area (Å²) < 4.78 is 44.5. The summed E-state index contributed by atoms with van der Waals surface area (Å²) in [7, 11) is 10.4. The number of ketones is 1. The van der Waals surface area contributed by atoms with Crippen molar-refractivity contribution < 1.29 is 42.7 Å². The van der Waals surface area contributed by atoms with E-state index >= 15 is 0 Å². The molecule has 0 aromatic heterocycles. The number of benzene rings is 2. The second-order valence-corrected chi connectivity index (χ2v) is 6.52. The number of fused-ring (bicyclic) bond motifs is 1. The Balaban J connectivity index is 2.20. The molecule has 1 heterocycles. The van der Waals surface area contributed by atoms with Gasteiger partial charge in [0.1, 0.15) is 6.10 Å². The summed E-state index contributed by atoms with van der Waals surface area (Å²) in [5, 5.41) is 0. The van der Waals surface area contributed by atoms with E-state index in [0.717, 1.165) is 0 Å². The van der Waals surface area contributed by atoms with Gasteiger partial charge in [-0.1, -0.05) is 0 Å². The molecule has 0 bridgehead atoms. The van der Waals surface area contributed by atoms with Gasteiger partial charge in [0.05, 0.1) is 61.8 Å². The quantitative estimate of drug-likeness (QED) is 0.619. The van der Waals surface area contributed by atoms with Gasteiger partial charge in [0.25, 0.3) is 0 Å². The molecule has 31 heavy (non-hydrogen) atoms. The van der Waals surface area contributed by atoms with E-state index in [1.165, 1.54) is 49.8 Å². The van der Waals surface area contributed by atoms with Crippen molar-refractivity contribution in [1.82, 2.24) is 0 Å². The smallest absolute Gasteiger partial charge is 0.208 e. The Morgan fingerprint density at radius 3 is 1.71 bits per heavy atom. The number of carbonyl (C=O) groups is 1. The third-order valence-corrected chi connectivity index (χ3v) is 5.08. The van der Waals surface area contributed by atoms with Gasteiger partial charge in [-0.05, 0) is 12.1 Å². The van der Waals surface area contributed by atoms with E-state index in [2.05, 4.69) is 0 Å². The van der Waals surface area contributed by atoms with Crippen LogP contribution in [0, 0.1) is 0 Å². The van der Waals surface area contributed by atoms with Crippen LogP contribution in [0.5, 0.6) is 46.0 Å². The number of hydrogen-bond donors (Lipinski definition) is 0. The molecule has 1 aliphatic rings. The zero-order valence-electron chi connectivity index (χ0n) is 18.6. The van der Waals surface area contributed by atoms with Crippen molar-refractivity contribution in [2.45, 2.75) is 12.5 Å². The molecule has 168 valence electrons. The molecule has 2 aromatic carbocycles. The highest BCUT2D eigenvalue weighted by molar-refractivity contribution is 6.02. The molecule has 2 aromatic rings. The van der Waals surface area contributed by atoms with Crippen molar-refractivity contribution in [3.8, 4) is 46.0 Å². The number of hydrogen-bond acceptors (Lipinski definition) is 9. The second-order valence-electron chi connectivity index (χ2n) is 6.52. The van der Waals surface area contributed by atoms with Gasteiger partial charge in [-0.25, -0.2) is 0 Å². The first-order valence-corrected chi connectivity index (χ1v) is 9.39. The lowest BCUT2D eigenvalue weighted by molar-refractivity contribution is 0.0835. The van der Waals surface area contributed by atoms with Gasteiger partial charge < -0.3 is 37.9 Å². The van der Waals surface area contributed by atoms with Crippen LogP contribution in [0.15, 0.2) is 12.1 Å². The molecule has 1 atom stereocenters. The maximum Gasteiger partial charge on any atom is 0.208 e. The van der Waals surface area contributed by atoms with Gasteiger partial charge in [-0.3, -0.25) is 4.79 Å². The third kappa shape index (κ3) is 3.60. The van der Waals surface area contributed by atoms with Gasteiger partial charge in [0.2, 0.25) is 23.0 Å². The standard InChI is InChI=1S/C22H26O9/c1-24-15-8-11-13(23)10-14(31-18(11)22(30-7)20(15)28-5)12-9-16(25-2)19(27-4)21(29-6)17(12)26-3/h8-9,14H,10H2,1-7H3. The van der Waals surface area contributed by atoms with E-state index in [1.54, 1.807) is 12.1 Å². The van der Waals surface area contributed by atoms with E-state index in [4.69, 9.17) is 37.9 Å². The Hall–Kier alpha value is -3.49. The topological polar surface area (TPSA) is 90.9 Å². The summed E-state index contributed by atoms with van der Waals surface area (Å²) in [5.74, 6) is 2.57. The lowest BCUT2D eigenvalue weighted by Crippen LogP contribution is -2.22. The summed E-state index contributed by atoms with van der Waals surface area (Å²) in [6.45, 7) is 0. The molecular formula is C22H26O9.